The number of ether oxygens (including phenoxy) is 2. The van der Waals surface area contributed by atoms with Gasteiger partial charge < -0.3 is 9.47 Å². The average Bonchev–Trinajstić information content (AvgIpc) is 2.90. The van der Waals surface area contributed by atoms with Gasteiger partial charge in [0, 0.05) is 52.7 Å². The number of aromatic nitrogens is 6. The van der Waals surface area contributed by atoms with Gasteiger partial charge in [0.1, 0.15) is 5.15 Å². The highest BCUT2D eigenvalue weighted by molar-refractivity contribution is 6.29. The third kappa shape index (κ3) is 8.82. The lowest BCUT2D eigenvalue weighted by Gasteiger charge is -2.11. The van der Waals surface area contributed by atoms with Gasteiger partial charge in [-0.1, -0.05) is 11.6 Å². The number of alkyl halides is 10. The van der Waals surface area contributed by atoms with Crippen molar-refractivity contribution in [2.24, 2.45) is 0 Å². The van der Waals surface area contributed by atoms with Gasteiger partial charge in [-0.15, -0.1) is 0 Å². The highest BCUT2D eigenvalue weighted by atomic mass is 35.5. The van der Waals surface area contributed by atoms with Crippen LogP contribution in [0, 0.1) is 6.92 Å². The second kappa shape index (κ2) is 13.1. The normalized spacial score (nSPS) is 11.8. The standard InChI is InChI=1S/C12H8F5N3O.C11H5ClF5N3O/c1-6-2-8(9(5-18-6)21-11(13)14)7-3-19-10(20-4-7)12(15,16)17;12-8-1-6(7(4-18-8)21-10(13)14)5-2-19-9(20-3-5)11(15,16)17/h2-5,11H,1H3;1-4,10H. The van der Waals surface area contributed by atoms with E-state index in [-0.39, 0.29) is 38.9 Å². The molecule has 0 bridgehead atoms. The summed E-state index contributed by atoms with van der Waals surface area (Å²) in [5.74, 6) is -3.27. The monoisotopic (exact) mass is 630 g/mol. The minimum atomic E-state index is -4.70. The number of rotatable bonds is 6. The van der Waals surface area contributed by atoms with Gasteiger partial charge in [-0.2, -0.15) is 43.9 Å². The van der Waals surface area contributed by atoms with Crippen LogP contribution in [0.5, 0.6) is 11.5 Å². The maximum Gasteiger partial charge on any atom is 0.451 e. The van der Waals surface area contributed by atoms with Crippen molar-refractivity contribution in [1.29, 1.82) is 0 Å². The van der Waals surface area contributed by atoms with Crippen molar-refractivity contribution in [3.8, 4) is 33.8 Å². The van der Waals surface area contributed by atoms with E-state index < -0.39 is 37.2 Å². The largest absolute Gasteiger partial charge is 0.451 e. The zero-order chi connectivity index (χ0) is 31.2. The molecule has 4 rings (SSSR count). The lowest BCUT2D eigenvalue weighted by Crippen LogP contribution is -2.10. The molecule has 224 valence electrons. The highest BCUT2D eigenvalue weighted by Gasteiger charge is 2.35. The van der Waals surface area contributed by atoms with E-state index in [1.807, 2.05) is 0 Å². The third-order valence-electron chi connectivity index (χ3n) is 4.70. The van der Waals surface area contributed by atoms with Crippen molar-refractivity contribution in [3.63, 3.8) is 0 Å². The summed E-state index contributed by atoms with van der Waals surface area (Å²) in [6.45, 7) is -4.61. The van der Waals surface area contributed by atoms with Crippen LogP contribution in [0.2, 0.25) is 5.15 Å². The molecule has 42 heavy (non-hydrogen) atoms. The Morgan fingerprint density at radius 3 is 1.36 bits per heavy atom. The predicted octanol–water partition coefficient (Wildman–Crippen LogP) is 7.28. The van der Waals surface area contributed by atoms with Crippen LogP contribution in [-0.2, 0) is 12.4 Å². The summed E-state index contributed by atoms with van der Waals surface area (Å²) in [6, 6.07) is 2.55. The predicted molar refractivity (Wildman–Crippen MR) is 124 cm³/mol. The maximum atomic E-state index is 12.4. The Hall–Kier alpha value is -4.35. The number of hydrogen-bond acceptors (Lipinski definition) is 8. The van der Waals surface area contributed by atoms with Crippen LogP contribution in [0.4, 0.5) is 43.9 Å². The number of aryl methyl sites for hydroxylation is 1. The zero-order valence-corrected chi connectivity index (χ0v) is 21.2. The van der Waals surface area contributed by atoms with Crippen molar-refractivity contribution in [2.75, 3.05) is 0 Å². The van der Waals surface area contributed by atoms with Gasteiger partial charge in [0.15, 0.2) is 11.5 Å². The first-order valence-electron chi connectivity index (χ1n) is 10.9. The second-order valence-corrected chi connectivity index (χ2v) is 8.06. The van der Waals surface area contributed by atoms with E-state index in [1.54, 1.807) is 6.92 Å². The molecule has 19 heteroatoms. The summed E-state index contributed by atoms with van der Waals surface area (Å²) >= 11 is 5.63. The van der Waals surface area contributed by atoms with Crippen LogP contribution in [0.15, 0.2) is 49.3 Å². The van der Waals surface area contributed by atoms with Gasteiger partial charge in [0.2, 0.25) is 11.6 Å². The summed E-state index contributed by atoms with van der Waals surface area (Å²) in [4.78, 5) is 20.0. The summed E-state index contributed by atoms with van der Waals surface area (Å²) in [7, 11) is 0. The maximum absolute atomic E-state index is 12.4. The molecule has 4 heterocycles. The lowest BCUT2D eigenvalue weighted by molar-refractivity contribution is -0.145. The number of hydrogen-bond donors (Lipinski definition) is 0. The fourth-order valence-corrected chi connectivity index (χ4v) is 3.18. The van der Waals surface area contributed by atoms with E-state index in [1.165, 1.54) is 6.07 Å². The lowest BCUT2D eigenvalue weighted by atomic mass is 10.1. The van der Waals surface area contributed by atoms with Gasteiger partial charge in [-0.3, -0.25) is 4.98 Å². The number of pyridine rings is 2. The Labute approximate surface area is 233 Å². The molecule has 0 saturated heterocycles. The average molecular weight is 631 g/mol. The molecular formula is C23H13ClF10N6O2. The Morgan fingerprint density at radius 2 is 0.976 bits per heavy atom. The van der Waals surface area contributed by atoms with Gasteiger partial charge in [0.05, 0.1) is 12.4 Å². The van der Waals surface area contributed by atoms with Crippen molar-refractivity contribution < 1.29 is 53.4 Å². The molecule has 0 N–H and O–H groups in total. The van der Waals surface area contributed by atoms with Crippen molar-refractivity contribution in [1.82, 2.24) is 29.9 Å². The molecule has 0 fully saturated rings. The molecule has 0 unspecified atom stereocenters. The molecule has 0 aliphatic rings. The third-order valence-corrected chi connectivity index (χ3v) is 4.91. The fraction of sp³-hybridized carbons (Fsp3) is 0.217. The first-order valence-corrected chi connectivity index (χ1v) is 11.2. The van der Waals surface area contributed by atoms with E-state index in [0.717, 1.165) is 43.2 Å². The zero-order valence-electron chi connectivity index (χ0n) is 20.4. The molecule has 0 radical (unpaired) electrons. The van der Waals surface area contributed by atoms with E-state index in [4.69, 9.17) is 11.6 Å². The van der Waals surface area contributed by atoms with E-state index >= 15 is 0 Å². The highest BCUT2D eigenvalue weighted by Crippen LogP contribution is 2.34. The fourth-order valence-electron chi connectivity index (χ4n) is 3.02. The van der Waals surface area contributed by atoms with Crippen LogP contribution >= 0.6 is 11.6 Å². The quantitative estimate of drug-likeness (QED) is 0.162. The van der Waals surface area contributed by atoms with Crippen molar-refractivity contribution in [2.45, 2.75) is 32.5 Å². The van der Waals surface area contributed by atoms with Crippen molar-refractivity contribution >= 4 is 11.6 Å². The summed E-state index contributed by atoms with van der Waals surface area (Å²) in [5.41, 5.74) is 0.763. The molecule has 0 spiro atoms. The molecule has 0 aliphatic carbocycles. The molecule has 0 aliphatic heterocycles. The second-order valence-electron chi connectivity index (χ2n) is 7.67. The molecule has 4 aromatic rings. The molecule has 0 aromatic carbocycles. The van der Waals surface area contributed by atoms with Crippen LogP contribution < -0.4 is 9.47 Å². The van der Waals surface area contributed by atoms with Gasteiger partial charge >= 0.3 is 25.6 Å². The molecule has 0 atom stereocenters. The topological polar surface area (TPSA) is 95.8 Å². The molecule has 0 amide bonds. The van der Waals surface area contributed by atoms with Gasteiger partial charge in [-0.25, -0.2) is 24.9 Å². The summed E-state index contributed by atoms with van der Waals surface area (Å²) in [6.07, 6.45) is -3.92. The SMILES string of the molecule is Cc1cc(-c2cnc(C(F)(F)F)nc2)c(OC(F)F)cn1.FC(F)Oc1cnc(Cl)cc1-c1cnc(C(F)(F)F)nc1. The number of nitrogens with zero attached hydrogens (tertiary/aromatic N) is 6. The Kier molecular flexibility index (Phi) is 10.0. The minimum Gasteiger partial charge on any atom is -0.433 e. The summed E-state index contributed by atoms with van der Waals surface area (Å²) < 4.78 is 132. The molecular weight excluding hydrogens is 618 g/mol. The van der Waals surface area contributed by atoms with Crippen LogP contribution in [-0.4, -0.2) is 43.1 Å². The molecule has 8 nitrogen and oxygen atoms in total. The first-order chi connectivity index (χ1) is 19.5. The van der Waals surface area contributed by atoms with Gasteiger partial charge in [0.25, 0.3) is 0 Å². The van der Waals surface area contributed by atoms with Gasteiger partial charge in [-0.05, 0) is 19.1 Å². The Bertz CT molecular complexity index is 1370. The van der Waals surface area contributed by atoms with Crippen LogP contribution in [0.3, 0.4) is 0 Å². The first kappa shape index (κ1) is 32.2. The van der Waals surface area contributed by atoms with Crippen LogP contribution in [0.25, 0.3) is 22.3 Å². The van der Waals surface area contributed by atoms with E-state index in [9.17, 15) is 43.9 Å². The summed E-state index contributed by atoms with van der Waals surface area (Å²) in [5, 5.41) is -0.0495. The molecule has 0 saturated carbocycles. The van der Waals surface area contributed by atoms with Crippen molar-refractivity contribution in [3.05, 3.63) is 71.8 Å². The Balaban J connectivity index is 0.000000230. The smallest absolute Gasteiger partial charge is 0.433 e. The number of halogens is 11. The Morgan fingerprint density at radius 1 is 0.595 bits per heavy atom. The van der Waals surface area contributed by atoms with Crippen LogP contribution in [0.1, 0.15) is 17.3 Å². The minimum absolute atomic E-state index is 0.00373. The van der Waals surface area contributed by atoms with E-state index in [0.29, 0.717) is 5.69 Å². The van der Waals surface area contributed by atoms with E-state index in [2.05, 4.69) is 39.4 Å². The molecule has 4 aromatic heterocycles.